The number of benzene rings is 2. The van der Waals surface area contributed by atoms with E-state index in [9.17, 15) is 14.9 Å². The minimum atomic E-state index is -4.64. The van der Waals surface area contributed by atoms with Crippen LogP contribution in [0.15, 0.2) is 54.9 Å². The van der Waals surface area contributed by atoms with Crippen molar-refractivity contribution in [2.75, 3.05) is 25.5 Å². The van der Waals surface area contributed by atoms with Crippen molar-refractivity contribution in [3.05, 3.63) is 86.5 Å². The fourth-order valence-electron chi connectivity index (χ4n) is 4.73. The smallest absolute Gasteiger partial charge is 0.322 e. The van der Waals surface area contributed by atoms with Crippen LogP contribution in [0.1, 0.15) is 65.9 Å². The van der Waals surface area contributed by atoms with E-state index < -0.39 is 18.7 Å². The van der Waals surface area contributed by atoms with Gasteiger partial charge in [-0.1, -0.05) is 32.9 Å². The first-order valence-corrected chi connectivity index (χ1v) is 16.8. The Labute approximate surface area is 260 Å². The van der Waals surface area contributed by atoms with Crippen molar-refractivity contribution < 1.29 is 29.0 Å². The summed E-state index contributed by atoms with van der Waals surface area (Å²) < 4.78 is 12.1. The number of amides is 1. The first kappa shape index (κ1) is 35.0. The molecule has 0 saturated carbocycles. The van der Waals surface area contributed by atoms with Crippen molar-refractivity contribution in [1.29, 1.82) is 0 Å². The number of nitrogens with zero attached hydrogens (tertiary/aromatic N) is 4. The first-order valence-electron chi connectivity index (χ1n) is 14.4. The molecule has 4 rings (SSSR count). The number of hydrogen-bond acceptors (Lipinski definition) is 7. The summed E-state index contributed by atoms with van der Waals surface area (Å²) in [5.74, 6) is -0.0420. The number of para-hydroxylation sites is 1. The van der Waals surface area contributed by atoms with E-state index in [0.29, 0.717) is 11.6 Å². The summed E-state index contributed by atoms with van der Waals surface area (Å²) in [4.78, 5) is 49.1. The second kappa shape index (κ2) is 16.0. The van der Waals surface area contributed by atoms with Gasteiger partial charge in [-0.3, -0.25) is 19.6 Å². The maximum absolute atomic E-state index is 12.9. The van der Waals surface area contributed by atoms with E-state index in [-0.39, 0.29) is 11.3 Å². The Kier molecular flexibility index (Phi) is 12.8. The van der Waals surface area contributed by atoms with E-state index in [1.54, 1.807) is 12.1 Å². The van der Waals surface area contributed by atoms with E-state index in [2.05, 4.69) is 49.3 Å². The number of aryl methyl sites for hydroxylation is 1. The van der Waals surface area contributed by atoms with Crippen LogP contribution in [0.3, 0.4) is 0 Å². The van der Waals surface area contributed by atoms with Gasteiger partial charge >= 0.3 is 7.82 Å². The first-order chi connectivity index (χ1) is 20.8. The normalized spacial score (nSPS) is 12.2. The van der Waals surface area contributed by atoms with Crippen molar-refractivity contribution in [1.82, 2.24) is 14.7 Å². The number of nitro groups is 1. The molecule has 0 saturated heterocycles. The zero-order valence-electron chi connectivity index (χ0n) is 25.3. The van der Waals surface area contributed by atoms with Gasteiger partial charge in [-0.2, -0.15) is 5.10 Å². The molecular formula is C30H40N5O7PS. The highest BCUT2D eigenvalue weighted by atomic mass is 32.1. The average Bonchev–Trinajstić information content (AvgIpc) is 3.57. The number of nitrogens with one attached hydrogen (secondary N) is 1. The van der Waals surface area contributed by atoms with Gasteiger partial charge < -0.3 is 24.9 Å². The summed E-state index contributed by atoms with van der Waals surface area (Å²) >= 11 is 1.82. The van der Waals surface area contributed by atoms with Gasteiger partial charge in [0.2, 0.25) is 0 Å². The van der Waals surface area contributed by atoms with E-state index in [4.69, 9.17) is 19.2 Å². The molecule has 12 nitrogen and oxygen atoms in total. The summed E-state index contributed by atoms with van der Waals surface area (Å²) in [5.41, 5.74) is 3.07. The molecule has 1 amide bonds. The number of aromatic nitrogens is 2. The number of anilines is 1. The van der Waals surface area contributed by atoms with Crippen molar-refractivity contribution in [3.8, 4) is 0 Å². The molecule has 0 radical (unpaired) electrons. The van der Waals surface area contributed by atoms with Crippen LogP contribution in [0.2, 0.25) is 0 Å². The van der Waals surface area contributed by atoms with E-state index in [1.165, 1.54) is 32.8 Å². The van der Waals surface area contributed by atoms with Gasteiger partial charge in [0.05, 0.1) is 11.1 Å². The summed E-state index contributed by atoms with van der Waals surface area (Å²) in [5, 5.41) is 19.9. The third kappa shape index (κ3) is 10.3. The molecule has 44 heavy (non-hydrogen) atoms. The lowest BCUT2D eigenvalue weighted by molar-refractivity contribution is -0.385. The van der Waals surface area contributed by atoms with Crippen LogP contribution in [0.5, 0.6) is 0 Å². The molecule has 0 fully saturated rings. The van der Waals surface area contributed by atoms with Gasteiger partial charge in [0, 0.05) is 47.2 Å². The zero-order chi connectivity index (χ0) is 32.4. The predicted octanol–water partition coefficient (Wildman–Crippen LogP) is 5.97. The molecule has 2 aromatic carbocycles. The highest BCUT2D eigenvalue weighted by molar-refractivity contribution is 7.45. The minimum Gasteiger partial charge on any atom is -0.322 e. The van der Waals surface area contributed by atoms with Crippen LogP contribution >= 0.6 is 19.2 Å². The lowest BCUT2D eigenvalue weighted by Crippen LogP contribution is -2.24. The fraction of sp³-hybridized carbons (Fsp3) is 0.400. The van der Waals surface area contributed by atoms with E-state index in [1.807, 2.05) is 40.4 Å². The lowest BCUT2D eigenvalue weighted by Gasteiger charge is -2.18. The molecule has 2 heterocycles. The molecule has 0 aliphatic carbocycles. The standard InChI is InChI=1S/C30H37N5O3S.H3O4P/c1-5-15-34-20-22(19-31-34)13-16-33(4)17-14-24-26-18-23(11-12-28(26)39-29(24)21(3)6-2)32-30(36)25-9-7-8-10-27(25)35(37)38;1-5(2,3)4/h7-12,18-21H,5-6,13-17H2,1-4H3,(H,32,36);(H3,1,2,3,4). The number of carbonyl (C=O) groups is 1. The van der Waals surface area contributed by atoms with Crippen molar-refractivity contribution in [2.45, 2.75) is 58.9 Å². The second-order valence-corrected chi connectivity index (χ2v) is 12.7. The largest absolute Gasteiger partial charge is 0.466 e. The minimum absolute atomic E-state index is 0.0512. The molecule has 0 spiro atoms. The number of carbonyl (C=O) groups excluding carboxylic acids is 1. The fourth-order valence-corrected chi connectivity index (χ4v) is 6.10. The third-order valence-corrected chi connectivity index (χ3v) is 8.59. The Bertz CT molecular complexity index is 1610. The van der Waals surface area contributed by atoms with Crippen LogP contribution in [0, 0.1) is 10.1 Å². The number of likely N-dealkylation sites (N-methyl/N-ethyl adjacent to an activating group) is 1. The van der Waals surface area contributed by atoms with Gasteiger partial charge in [-0.25, -0.2) is 4.57 Å². The van der Waals surface area contributed by atoms with Crippen LogP contribution < -0.4 is 5.32 Å². The van der Waals surface area contributed by atoms with Gasteiger partial charge in [0.25, 0.3) is 11.6 Å². The molecule has 1 unspecified atom stereocenters. The van der Waals surface area contributed by atoms with E-state index in [0.717, 1.165) is 50.7 Å². The molecule has 0 aliphatic rings. The second-order valence-electron chi connectivity index (χ2n) is 10.6. The van der Waals surface area contributed by atoms with Crippen LogP contribution in [0.4, 0.5) is 11.4 Å². The van der Waals surface area contributed by atoms with Crippen molar-refractivity contribution in [3.63, 3.8) is 0 Å². The molecule has 0 aliphatic heterocycles. The quantitative estimate of drug-likeness (QED) is 0.0777. The lowest BCUT2D eigenvalue weighted by atomic mass is 9.98. The number of hydrogen-bond donors (Lipinski definition) is 4. The highest BCUT2D eigenvalue weighted by Crippen LogP contribution is 2.39. The number of nitro benzene ring substituents is 1. The molecule has 1 atom stereocenters. The van der Waals surface area contributed by atoms with Gasteiger partial charge in [0.1, 0.15) is 5.56 Å². The van der Waals surface area contributed by atoms with Crippen LogP contribution in [-0.2, 0) is 24.0 Å². The van der Waals surface area contributed by atoms with Gasteiger partial charge in [0.15, 0.2) is 0 Å². The average molecular weight is 646 g/mol. The van der Waals surface area contributed by atoms with Crippen molar-refractivity contribution >= 4 is 46.5 Å². The Morgan fingerprint density at radius 2 is 1.84 bits per heavy atom. The molecule has 4 N–H and O–H groups in total. The topological polar surface area (TPSA) is 171 Å². The Morgan fingerprint density at radius 1 is 1.16 bits per heavy atom. The summed E-state index contributed by atoms with van der Waals surface area (Å²) in [7, 11) is -2.48. The van der Waals surface area contributed by atoms with Gasteiger partial charge in [-0.15, -0.1) is 11.3 Å². The monoisotopic (exact) mass is 645 g/mol. The van der Waals surface area contributed by atoms with Gasteiger partial charge in [-0.05, 0) is 79.4 Å². The molecule has 14 heteroatoms. The Hall–Kier alpha value is -3.45. The maximum Gasteiger partial charge on any atom is 0.466 e. The summed E-state index contributed by atoms with van der Waals surface area (Å²) in [6.07, 6.45) is 8.11. The Morgan fingerprint density at radius 3 is 2.50 bits per heavy atom. The summed E-state index contributed by atoms with van der Waals surface area (Å²) in [6, 6.07) is 12.0. The maximum atomic E-state index is 12.9. The molecule has 2 aromatic heterocycles. The van der Waals surface area contributed by atoms with Crippen LogP contribution in [-0.4, -0.2) is 60.3 Å². The highest BCUT2D eigenvalue weighted by Gasteiger charge is 2.21. The van der Waals surface area contributed by atoms with Crippen molar-refractivity contribution in [2.24, 2.45) is 0 Å². The third-order valence-electron chi connectivity index (χ3n) is 7.15. The number of fused-ring (bicyclic) bond motifs is 1. The van der Waals surface area contributed by atoms with E-state index >= 15 is 0 Å². The number of rotatable bonds is 13. The predicted molar refractivity (Wildman–Crippen MR) is 173 cm³/mol. The summed E-state index contributed by atoms with van der Waals surface area (Å²) in [6.45, 7) is 9.46. The molecule has 0 bridgehead atoms. The number of phosphoric acid groups is 1. The zero-order valence-corrected chi connectivity index (χ0v) is 27.1. The molecular weight excluding hydrogens is 605 g/mol. The van der Waals surface area contributed by atoms with Crippen LogP contribution in [0.25, 0.3) is 10.1 Å². The molecule has 4 aromatic rings. The number of thiophene rings is 1. The Balaban J connectivity index is 0.000000978. The SMILES string of the molecule is CCCn1cc(CCN(C)CCc2c(C(C)CC)sc3ccc(NC(=O)c4ccccc4[N+](=O)[O-])cc23)cn1.O=P(O)(O)O. The molecule has 238 valence electrons.